The first-order chi connectivity index (χ1) is 9.45. The van der Waals surface area contributed by atoms with Gasteiger partial charge in [0.1, 0.15) is 11.4 Å². The molecule has 1 atom stereocenters. The fourth-order valence-electron chi connectivity index (χ4n) is 1.67. The van der Waals surface area contributed by atoms with E-state index in [9.17, 15) is 15.2 Å². The monoisotopic (exact) mass is 282 g/mol. The molecule has 112 valence electrons. The van der Waals surface area contributed by atoms with Crippen molar-refractivity contribution in [1.29, 1.82) is 0 Å². The van der Waals surface area contributed by atoms with Gasteiger partial charge >= 0.3 is 0 Å². The summed E-state index contributed by atoms with van der Waals surface area (Å²) >= 11 is 0. The van der Waals surface area contributed by atoms with E-state index in [1.165, 1.54) is 6.07 Å². The summed E-state index contributed by atoms with van der Waals surface area (Å²) in [6.07, 6.45) is 0.779. The Balaban J connectivity index is 2.92. The van der Waals surface area contributed by atoms with Crippen molar-refractivity contribution in [3.05, 3.63) is 28.3 Å². The maximum absolute atomic E-state index is 11.1. The molecule has 0 aliphatic rings. The average Bonchev–Trinajstić information content (AvgIpc) is 2.45. The van der Waals surface area contributed by atoms with Crippen molar-refractivity contribution in [3.8, 4) is 5.75 Å². The van der Waals surface area contributed by atoms with E-state index in [1.54, 1.807) is 12.1 Å². The fourth-order valence-corrected chi connectivity index (χ4v) is 1.67. The number of hydrogen-bond donors (Lipinski definition) is 2. The summed E-state index contributed by atoms with van der Waals surface area (Å²) in [6, 6.07) is 4.74. The molecule has 0 aromatic heterocycles. The van der Waals surface area contributed by atoms with E-state index < -0.39 is 4.92 Å². The van der Waals surface area contributed by atoms with Gasteiger partial charge in [0.05, 0.1) is 24.2 Å². The van der Waals surface area contributed by atoms with Crippen LogP contribution in [0.15, 0.2) is 18.2 Å². The molecule has 0 fully saturated rings. The molecule has 0 radical (unpaired) electrons. The van der Waals surface area contributed by atoms with Crippen molar-refractivity contribution in [3.63, 3.8) is 0 Å². The summed E-state index contributed by atoms with van der Waals surface area (Å²) in [5.41, 5.74) is 0.117. The van der Waals surface area contributed by atoms with Crippen LogP contribution < -0.4 is 10.1 Å². The molecule has 0 spiro atoms. The number of anilines is 1. The van der Waals surface area contributed by atoms with Crippen molar-refractivity contribution < 1.29 is 14.8 Å². The van der Waals surface area contributed by atoms with Crippen molar-refractivity contribution in [2.75, 3.05) is 25.1 Å². The highest BCUT2D eigenvalue weighted by molar-refractivity contribution is 5.64. The van der Waals surface area contributed by atoms with Gasteiger partial charge in [-0.3, -0.25) is 10.1 Å². The summed E-state index contributed by atoms with van der Waals surface area (Å²) in [5.74, 6) is 0.477. The standard InChI is InChI=1S/C14H22N2O4/c1-4-14(3,10-17)9-15-12-7-6-11(20-5-2)8-13(12)16(18)19/h6-8,15,17H,4-5,9-10H2,1-3H3. The number of rotatable bonds is 8. The molecule has 2 N–H and O–H groups in total. The van der Waals surface area contributed by atoms with Crippen LogP contribution in [0.2, 0.25) is 0 Å². The van der Waals surface area contributed by atoms with Gasteiger partial charge < -0.3 is 15.2 Å². The summed E-state index contributed by atoms with van der Waals surface area (Å²) in [6.45, 7) is 6.69. The van der Waals surface area contributed by atoms with Crippen LogP contribution in [-0.4, -0.2) is 29.8 Å². The Morgan fingerprint density at radius 1 is 1.45 bits per heavy atom. The number of ether oxygens (including phenoxy) is 1. The van der Waals surface area contributed by atoms with E-state index in [0.29, 0.717) is 24.6 Å². The molecule has 0 saturated heterocycles. The average molecular weight is 282 g/mol. The minimum Gasteiger partial charge on any atom is -0.494 e. The van der Waals surface area contributed by atoms with E-state index in [1.807, 2.05) is 20.8 Å². The van der Waals surface area contributed by atoms with Gasteiger partial charge in [-0.1, -0.05) is 13.8 Å². The largest absolute Gasteiger partial charge is 0.494 e. The van der Waals surface area contributed by atoms with E-state index in [0.717, 1.165) is 6.42 Å². The Hall–Kier alpha value is -1.82. The molecule has 0 saturated carbocycles. The molecule has 6 nitrogen and oxygen atoms in total. The summed E-state index contributed by atoms with van der Waals surface area (Å²) < 4.78 is 5.27. The van der Waals surface area contributed by atoms with Crippen molar-refractivity contribution in [2.24, 2.45) is 5.41 Å². The second-order valence-electron chi connectivity index (χ2n) is 5.04. The first kappa shape index (κ1) is 16.2. The Morgan fingerprint density at radius 3 is 2.65 bits per heavy atom. The maximum atomic E-state index is 11.1. The van der Waals surface area contributed by atoms with Gasteiger partial charge in [0.2, 0.25) is 0 Å². The van der Waals surface area contributed by atoms with Crippen molar-refractivity contribution in [2.45, 2.75) is 27.2 Å². The van der Waals surface area contributed by atoms with Gasteiger partial charge in [0.25, 0.3) is 5.69 Å². The maximum Gasteiger partial charge on any atom is 0.296 e. The Kier molecular flexibility index (Phi) is 5.76. The van der Waals surface area contributed by atoms with Crippen LogP contribution in [0.5, 0.6) is 5.75 Å². The molecule has 0 amide bonds. The zero-order valence-electron chi connectivity index (χ0n) is 12.2. The first-order valence-corrected chi connectivity index (χ1v) is 6.71. The van der Waals surface area contributed by atoms with E-state index in [2.05, 4.69) is 5.32 Å². The molecular formula is C14H22N2O4. The van der Waals surface area contributed by atoms with Gasteiger partial charge in [-0.15, -0.1) is 0 Å². The second-order valence-corrected chi connectivity index (χ2v) is 5.04. The van der Waals surface area contributed by atoms with Gasteiger partial charge in [0, 0.05) is 12.0 Å². The lowest BCUT2D eigenvalue weighted by Gasteiger charge is -2.26. The molecule has 0 heterocycles. The molecular weight excluding hydrogens is 260 g/mol. The van der Waals surface area contributed by atoms with Crippen LogP contribution in [-0.2, 0) is 0 Å². The van der Waals surface area contributed by atoms with Crippen molar-refractivity contribution >= 4 is 11.4 Å². The van der Waals surface area contributed by atoms with Crippen LogP contribution in [0.3, 0.4) is 0 Å². The highest BCUT2D eigenvalue weighted by Gasteiger charge is 2.23. The van der Waals surface area contributed by atoms with Crippen LogP contribution in [0.4, 0.5) is 11.4 Å². The number of nitro benzene ring substituents is 1. The predicted molar refractivity (Wildman–Crippen MR) is 78.2 cm³/mol. The van der Waals surface area contributed by atoms with Crippen LogP contribution in [0, 0.1) is 15.5 Å². The lowest BCUT2D eigenvalue weighted by molar-refractivity contribution is -0.384. The van der Waals surface area contributed by atoms with Gasteiger partial charge in [-0.25, -0.2) is 0 Å². The molecule has 0 bridgehead atoms. The molecule has 6 heteroatoms. The normalized spacial score (nSPS) is 13.6. The fraction of sp³-hybridized carbons (Fsp3) is 0.571. The van der Waals surface area contributed by atoms with E-state index >= 15 is 0 Å². The van der Waals surface area contributed by atoms with Gasteiger partial charge in [0.15, 0.2) is 0 Å². The zero-order chi connectivity index (χ0) is 15.2. The summed E-state index contributed by atoms with van der Waals surface area (Å²) in [5, 5.41) is 23.5. The van der Waals surface area contributed by atoms with E-state index in [-0.39, 0.29) is 17.7 Å². The van der Waals surface area contributed by atoms with Crippen molar-refractivity contribution in [1.82, 2.24) is 0 Å². The lowest BCUT2D eigenvalue weighted by atomic mass is 9.88. The highest BCUT2D eigenvalue weighted by atomic mass is 16.6. The highest BCUT2D eigenvalue weighted by Crippen LogP contribution is 2.30. The summed E-state index contributed by atoms with van der Waals surface area (Å²) in [7, 11) is 0. The topological polar surface area (TPSA) is 84.6 Å². The Bertz CT molecular complexity index is 458. The lowest BCUT2D eigenvalue weighted by Crippen LogP contribution is -2.29. The molecule has 1 aromatic carbocycles. The quantitative estimate of drug-likeness (QED) is 0.565. The van der Waals surface area contributed by atoms with Gasteiger partial charge in [-0.2, -0.15) is 0 Å². The first-order valence-electron chi connectivity index (χ1n) is 6.71. The van der Waals surface area contributed by atoms with Gasteiger partial charge in [-0.05, 0) is 25.5 Å². The zero-order valence-corrected chi connectivity index (χ0v) is 12.2. The second kappa shape index (κ2) is 7.09. The van der Waals surface area contributed by atoms with Crippen LogP contribution >= 0.6 is 0 Å². The molecule has 0 aliphatic heterocycles. The summed E-state index contributed by atoms with van der Waals surface area (Å²) in [4.78, 5) is 10.7. The number of aliphatic hydroxyl groups excluding tert-OH is 1. The third kappa shape index (κ3) is 4.09. The molecule has 1 unspecified atom stereocenters. The number of nitro groups is 1. The third-order valence-electron chi connectivity index (χ3n) is 3.42. The number of nitrogens with zero attached hydrogens (tertiary/aromatic N) is 1. The molecule has 0 aliphatic carbocycles. The SMILES string of the molecule is CCOc1ccc(NCC(C)(CC)CO)c([N+](=O)[O-])c1. The smallest absolute Gasteiger partial charge is 0.296 e. The minimum absolute atomic E-state index is 0.0210. The molecule has 1 rings (SSSR count). The number of benzene rings is 1. The predicted octanol–water partition coefficient (Wildman–Crippen LogP) is 2.81. The minimum atomic E-state index is -0.437. The number of hydrogen-bond acceptors (Lipinski definition) is 5. The number of nitrogens with one attached hydrogen (secondary N) is 1. The van der Waals surface area contributed by atoms with Crippen LogP contribution in [0.1, 0.15) is 27.2 Å². The molecule has 1 aromatic rings. The number of aliphatic hydroxyl groups is 1. The van der Waals surface area contributed by atoms with Crippen LogP contribution in [0.25, 0.3) is 0 Å². The Morgan fingerprint density at radius 2 is 2.15 bits per heavy atom. The molecule has 20 heavy (non-hydrogen) atoms. The van der Waals surface area contributed by atoms with E-state index in [4.69, 9.17) is 4.74 Å². The third-order valence-corrected chi connectivity index (χ3v) is 3.42. The Labute approximate surface area is 118 Å².